The molecule has 0 atom stereocenters. The van der Waals surface area contributed by atoms with Gasteiger partial charge in [0.05, 0.1) is 18.5 Å². The van der Waals surface area contributed by atoms with Crippen molar-refractivity contribution in [2.45, 2.75) is 31.5 Å². The van der Waals surface area contributed by atoms with Gasteiger partial charge in [-0.2, -0.15) is 0 Å². The van der Waals surface area contributed by atoms with Crippen LogP contribution in [0.3, 0.4) is 0 Å². The normalized spacial score (nSPS) is 16.2. The summed E-state index contributed by atoms with van der Waals surface area (Å²) in [6.45, 7) is 2.58. The van der Waals surface area contributed by atoms with Gasteiger partial charge in [0.2, 0.25) is 0 Å². The fraction of sp³-hybridized carbons (Fsp3) is 0.304. The molecule has 1 aliphatic rings. The molecule has 0 bridgehead atoms. The van der Waals surface area contributed by atoms with Crippen molar-refractivity contribution >= 4 is 27.4 Å². The average Bonchev–Trinajstić information content (AvgIpc) is 2.75. The first kappa shape index (κ1) is 21.7. The minimum absolute atomic E-state index is 0.210. The fourth-order valence-electron chi connectivity index (χ4n) is 3.74. The van der Waals surface area contributed by atoms with Gasteiger partial charge in [-0.25, -0.2) is 9.37 Å². The van der Waals surface area contributed by atoms with E-state index in [0.717, 1.165) is 24.1 Å². The van der Waals surface area contributed by atoms with Gasteiger partial charge in [0.1, 0.15) is 11.6 Å². The van der Waals surface area contributed by atoms with Crippen LogP contribution in [0.5, 0.6) is 0 Å². The first-order valence-corrected chi connectivity index (χ1v) is 11.0. The third-order valence-electron chi connectivity index (χ3n) is 5.57. The van der Waals surface area contributed by atoms with Crippen LogP contribution in [0.15, 0.2) is 70.2 Å². The Morgan fingerprint density at radius 2 is 1.77 bits per heavy atom. The second-order valence-corrected chi connectivity index (χ2v) is 8.91. The maximum atomic E-state index is 13.0. The predicted molar refractivity (Wildman–Crippen MR) is 122 cm³/mol. The summed E-state index contributed by atoms with van der Waals surface area (Å²) >= 11 is 3.45. The third kappa shape index (κ3) is 5.78. The molecule has 31 heavy (non-hydrogen) atoms. The quantitative estimate of drug-likeness (QED) is 0.552. The first-order chi connectivity index (χ1) is 14.9. The molecule has 1 saturated heterocycles. The molecule has 2 aromatic carbocycles. The summed E-state index contributed by atoms with van der Waals surface area (Å²) in [6, 6.07) is 15.5. The SMILES string of the molecule is O=c1cc(Nc2ccc(F)cc2)ncn1CC1(O)CCN(Cc2ccc(Br)cc2)CC1. The molecular formula is C23H24BrFN4O2. The number of halogens is 2. The van der Waals surface area contributed by atoms with Gasteiger partial charge in [0.15, 0.2) is 0 Å². The molecule has 3 aromatic rings. The minimum atomic E-state index is -0.937. The average molecular weight is 487 g/mol. The van der Waals surface area contributed by atoms with E-state index in [0.29, 0.717) is 24.3 Å². The zero-order chi connectivity index (χ0) is 21.8. The van der Waals surface area contributed by atoms with Crippen LogP contribution in [0.4, 0.5) is 15.9 Å². The number of aliphatic hydroxyl groups is 1. The molecule has 1 aliphatic heterocycles. The van der Waals surface area contributed by atoms with Gasteiger partial charge in [0, 0.05) is 35.9 Å². The van der Waals surface area contributed by atoms with Crippen LogP contribution in [0.1, 0.15) is 18.4 Å². The standard InChI is InChI=1S/C23H24BrFN4O2/c24-18-3-1-17(2-4-18)14-28-11-9-23(31,10-12-28)15-29-16-26-21(13-22(29)30)27-20-7-5-19(25)6-8-20/h1-8,13,16,27,31H,9-12,14-15H2. The van der Waals surface area contributed by atoms with Gasteiger partial charge in [-0.05, 0) is 54.8 Å². The molecule has 0 spiro atoms. The Balaban J connectivity index is 1.34. The summed E-state index contributed by atoms with van der Waals surface area (Å²) in [5, 5.41) is 14.0. The fourth-order valence-corrected chi connectivity index (χ4v) is 4.01. The van der Waals surface area contributed by atoms with E-state index in [1.807, 2.05) is 12.1 Å². The first-order valence-electron chi connectivity index (χ1n) is 10.2. The van der Waals surface area contributed by atoms with E-state index in [4.69, 9.17) is 0 Å². The van der Waals surface area contributed by atoms with Crippen molar-refractivity contribution in [3.05, 3.63) is 87.1 Å². The number of likely N-dealkylation sites (tertiary alicyclic amines) is 1. The topological polar surface area (TPSA) is 70.4 Å². The van der Waals surface area contributed by atoms with E-state index in [2.05, 4.69) is 43.3 Å². The van der Waals surface area contributed by atoms with Crippen molar-refractivity contribution in [1.82, 2.24) is 14.5 Å². The molecule has 0 radical (unpaired) electrons. The molecule has 1 aromatic heterocycles. The Morgan fingerprint density at radius 1 is 1.10 bits per heavy atom. The number of aromatic nitrogens is 2. The highest BCUT2D eigenvalue weighted by Crippen LogP contribution is 2.25. The van der Waals surface area contributed by atoms with Crippen LogP contribution in [0.2, 0.25) is 0 Å². The summed E-state index contributed by atoms with van der Waals surface area (Å²) in [4.78, 5) is 19.1. The van der Waals surface area contributed by atoms with Crippen molar-refractivity contribution < 1.29 is 9.50 Å². The van der Waals surface area contributed by atoms with E-state index < -0.39 is 5.60 Å². The number of anilines is 2. The van der Waals surface area contributed by atoms with E-state index in [9.17, 15) is 14.3 Å². The maximum Gasteiger partial charge on any atom is 0.255 e. The predicted octanol–water partition coefficient (Wildman–Crippen LogP) is 3.92. The third-order valence-corrected chi connectivity index (χ3v) is 6.10. The molecule has 162 valence electrons. The van der Waals surface area contributed by atoms with Gasteiger partial charge in [-0.3, -0.25) is 14.3 Å². The summed E-state index contributed by atoms with van der Waals surface area (Å²) in [7, 11) is 0. The number of piperidine rings is 1. The van der Waals surface area contributed by atoms with Crippen molar-refractivity contribution in [1.29, 1.82) is 0 Å². The Labute approximate surface area is 188 Å². The summed E-state index contributed by atoms with van der Waals surface area (Å²) in [6.07, 6.45) is 2.62. The Hall–Kier alpha value is -2.55. The zero-order valence-electron chi connectivity index (χ0n) is 17.0. The number of nitrogens with zero attached hydrogens (tertiary/aromatic N) is 3. The van der Waals surface area contributed by atoms with Gasteiger partial charge in [-0.1, -0.05) is 28.1 Å². The Bertz CT molecular complexity index is 1080. The molecule has 0 amide bonds. The van der Waals surface area contributed by atoms with Gasteiger partial charge in [-0.15, -0.1) is 0 Å². The lowest BCUT2D eigenvalue weighted by Gasteiger charge is -2.38. The lowest BCUT2D eigenvalue weighted by atomic mass is 9.91. The van der Waals surface area contributed by atoms with E-state index in [-0.39, 0.29) is 17.9 Å². The second kappa shape index (κ2) is 9.30. The highest BCUT2D eigenvalue weighted by molar-refractivity contribution is 9.10. The number of hydrogen-bond donors (Lipinski definition) is 2. The summed E-state index contributed by atoms with van der Waals surface area (Å²) < 4.78 is 15.5. The van der Waals surface area contributed by atoms with Crippen LogP contribution in [-0.4, -0.2) is 38.2 Å². The lowest BCUT2D eigenvalue weighted by molar-refractivity contribution is -0.0365. The molecule has 4 rings (SSSR count). The van der Waals surface area contributed by atoms with Gasteiger partial charge in [0.25, 0.3) is 5.56 Å². The molecule has 0 aliphatic carbocycles. The number of nitrogens with one attached hydrogen (secondary N) is 1. The molecule has 2 N–H and O–H groups in total. The molecule has 2 heterocycles. The molecule has 0 unspecified atom stereocenters. The number of benzene rings is 2. The van der Waals surface area contributed by atoms with Gasteiger partial charge < -0.3 is 10.4 Å². The van der Waals surface area contributed by atoms with E-state index in [1.54, 1.807) is 12.1 Å². The zero-order valence-corrected chi connectivity index (χ0v) is 18.6. The summed E-state index contributed by atoms with van der Waals surface area (Å²) in [5.74, 6) is 0.0502. The highest BCUT2D eigenvalue weighted by Gasteiger charge is 2.33. The highest BCUT2D eigenvalue weighted by atomic mass is 79.9. The molecule has 0 saturated carbocycles. The lowest BCUT2D eigenvalue weighted by Crippen LogP contribution is -2.47. The van der Waals surface area contributed by atoms with Crippen LogP contribution in [0, 0.1) is 5.82 Å². The smallest absolute Gasteiger partial charge is 0.255 e. The molecule has 8 heteroatoms. The van der Waals surface area contributed by atoms with Crippen LogP contribution >= 0.6 is 15.9 Å². The van der Waals surface area contributed by atoms with Crippen LogP contribution in [-0.2, 0) is 13.1 Å². The minimum Gasteiger partial charge on any atom is -0.388 e. The maximum absolute atomic E-state index is 13.0. The van der Waals surface area contributed by atoms with Gasteiger partial charge >= 0.3 is 0 Å². The summed E-state index contributed by atoms with van der Waals surface area (Å²) in [5.41, 5.74) is 0.694. The Kier molecular flexibility index (Phi) is 6.50. The van der Waals surface area contributed by atoms with E-state index >= 15 is 0 Å². The van der Waals surface area contributed by atoms with Crippen molar-refractivity contribution in [3.63, 3.8) is 0 Å². The number of rotatable bonds is 6. The second-order valence-electron chi connectivity index (χ2n) is 8.00. The largest absolute Gasteiger partial charge is 0.388 e. The van der Waals surface area contributed by atoms with E-state index in [1.165, 1.54) is 34.7 Å². The Morgan fingerprint density at radius 3 is 2.42 bits per heavy atom. The monoisotopic (exact) mass is 486 g/mol. The van der Waals surface area contributed by atoms with Crippen LogP contribution in [0.25, 0.3) is 0 Å². The van der Waals surface area contributed by atoms with Crippen molar-refractivity contribution in [3.8, 4) is 0 Å². The molecule has 1 fully saturated rings. The molecular weight excluding hydrogens is 463 g/mol. The van der Waals surface area contributed by atoms with Crippen molar-refractivity contribution in [2.75, 3.05) is 18.4 Å². The molecule has 6 nitrogen and oxygen atoms in total. The number of hydrogen-bond acceptors (Lipinski definition) is 5. The van der Waals surface area contributed by atoms with Crippen LogP contribution < -0.4 is 10.9 Å². The van der Waals surface area contributed by atoms with Crippen molar-refractivity contribution in [2.24, 2.45) is 0 Å².